The van der Waals surface area contributed by atoms with Gasteiger partial charge in [-0.25, -0.2) is 4.79 Å². The fourth-order valence-corrected chi connectivity index (χ4v) is 2.72. The smallest absolute Gasteiger partial charge is 0.320 e. The number of allylic oxidation sites excluding steroid dienone is 1. The molecule has 3 rings (SSSR count). The number of rotatable bonds is 5. The van der Waals surface area contributed by atoms with Crippen molar-refractivity contribution in [3.8, 4) is 0 Å². The first-order valence-corrected chi connectivity index (χ1v) is 7.89. The first-order valence-electron chi connectivity index (χ1n) is 7.89. The third-order valence-corrected chi connectivity index (χ3v) is 3.93. The van der Waals surface area contributed by atoms with Crippen molar-refractivity contribution >= 4 is 17.8 Å². The van der Waals surface area contributed by atoms with E-state index in [0.29, 0.717) is 11.1 Å². The number of carbonyl (C=O) groups excluding carboxylic acids is 1. The Labute approximate surface area is 153 Å². The van der Waals surface area contributed by atoms with Gasteiger partial charge in [-0.2, -0.15) is 0 Å². The summed E-state index contributed by atoms with van der Waals surface area (Å²) in [5.41, 5.74) is 0.743. The Hall–Kier alpha value is -4.01. The molecule has 1 aliphatic rings. The molecular weight excluding hydrogens is 352 g/mol. The van der Waals surface area contributed by atoms with E-state index in [0.717, 1.165) is 0 Å². The van der Waals surface area contributed by atoms with Crippen LogP contribution in [0.25, 0.3) is 6.08 Å². The lowest BCUT2D eigenvalue weighted by molar-refractivity contribution is -0.432. The van der Waals surface area contributed by atoms with Gasteiger partial charge in [0.25, 0.3) is 11.4 Å². The normalized spacial score (nSPS) is 16.7. The van der Waals surface area contributed by atoms with Crippen molar-refractivity contribution < 1.29 is 14.6 Å². The van der Waals surface area contributed by atoms with E-state index in [2.05, 4.69) is 10.6 Å². The van der Waals surface area contributed by atoms with Gasteiger partial charge in [0.1, 0.15) is 11.7 Å². The van der Waals surface area contributed by atoms with Gasteiger partial charge in [-0.05, 0) is 17.2 Å². The molecule has 2 aromatic carbocycles. The van der Waals surface area contributed by atoms with Gasteiger partial charge < -0.3 is 10.6 Å². The van der Waals surface area contributed by atoms with Crippen LogP contribution >= 0.6 is 0 Å². The van der Waals surface area contributed by atoms with E-state index >= 15 is 0 Å². The molecule has 1 heterocycles. The number of urea groups is 1. The molecule has 1 aliphatic heterocycles. The number of hydrogen-bond acceptors (Lipinski definition) is 5. The maximum Gasteiger partial charge on any atom is 0.320 e. The molecule has 9 nitrogen and oxygen atoms in total. The first-order chi connectivity index (χ1) is 13.0. The van der Waals surface area contributed by atoms with Gasteiger partial charge in [-0.3, -0.25) is 20.2 Å². The molecule has 1 atom stereocenters. The van der Waals surface area contributed by atoms with E-state index in [9.17, 15) is 25.0 Å². The molecule has 0 radical (unpaired) electrons. The summed E-state index contributed by atoms with van der Waals surface area (Å²) in [5.74, 6) is 0. The van der Waals surface area contributed by atoms with E-state index in [1.165, 1.54) is 30.4 Å². The Morgan fingerprint density at radius 2 is 1.67 bits per heavy atom. The Morgan fingerprint density at radius 1 is 0.926 bits per heavy atom. The van der Waals surface area contributed by atoms with Crippen LogP contribution in [0.3, 0.4) is 0 Å². The van der Waals surface area contributed by atoms with Crippen LogP contribution < -0.4 is 10.6 Å². The van der Waals surface area contributed by atoms with E-state index < -0.39 is 21.9 Å². The van der Waals surface area contributed by atoms with E-state index in [-0.39, 0.29) is 17.1 Å². The lowest BCUT2D eigenvalue weighted by Crippen LogP contribution is -2.45. The van der Waals surface area contributed by atoms with Gasteiger partial charge in [-0.15, -0.1) is 0 Å². The van der Waals surface area contributed by atoms with Crippen molar-refractivity contribution in [3.05, 3.63) is 103 Å². The van der Waals surface area contributed by atoms with Crippen LogP contribution in [0.1, 0.15) is 17.2 Å². The SMILES string of the molecule is O=C1NC(/C=C\c2cccc([N+](=O)[O-])c2)=C([N+](=O)[O-])[C@@H](c2ccccc2)N1. The zero-order chi connectivity index (χ0) is 19.4. The average molecular weight is 366 g/mol. The van der Waals surface area contributed by atoms with Crippen molar-refractivity contribution in [1.82, 2.24) is 10.6 Å². The lowest BCUT2D eigenvalue weighted by atomic mass is 10.0. The van der Waals surface area contributed by atoms with Crippen molar-refractivity contribution in [3.63, 3.8) is 0 Å². The van der Waals surface area contributed by atoms with E-state index in [1.54, 1.807) is 36.4 Å². The minimum atomic E-state index is -0.917. The summed E-state index contributed by atoms with van der Waals surface area (Å²) in [4.78, 5) is 33.4. The predicted molar refractivity (Wildman–Crippen MR) is 97.0 cm³/mol. The van der Waals surface area contributed by atoms with Crippen LogP contribution in [-0.4, -0.2) is 15.9 Å². The Balaban J connectivity index is 2.02. The summed E-state index contributed by atoms with van der Waals surface area (Å²) < 4.78 is 0. The number of benzene rings is 2. The molecule has 0 aliphatic carbocycles. The molecule has 0 fully saturated rings. The van der Waals surface area contributed by atoms with Crippen molar-refractivity contribution in [1.29, 1.82) is 0 Å². The monoisotopic (exact) mass is 366 g/mol. The highest BCUT2D eigenvalue weighted by molar-refractivity contribution is 5.80. The molecule has 0 aromatic heterocycles. The van der Waals surface area contributed by atoms with Crippen LogP contribution in [-0.2, 0) is 0 Å². The fourth-order valence-electron chi connectivity index (χ4n) is 2.72. The summed E-state index contributed by atoms with van der Waals surface area (Å²) in [6, 6.07) is 12.9. The molecular formula is C18H14N4O5. The Morgan fingerprint density at radius 3 is 2.33 bits per heavy atom. The van der Waals surface area contributed by atoms with Crippen LogP contribution in [0.2, 0.25) is 0 Å². The highest BCUT2D eigenvalue weighted by atomic mass is 16.6. The van der Waals surface area contributed by atoms with Crippen LogP contribution in [0, 0.1) is 20.2 Å². The predicted octanol–water partition coefficient (Wildman–Crippen LogP) is 3.15. The molecule has 2 aromatic rings. The Kier molecular flexibility index (Phi) is 4.93. The maximum absolute atomic E-state index is 12.0. The second-order valence-electron chi connectivity index (χ2n) is 5.68. The maximum atomic E-state index is 12.0. The molecule has 0 saturated heterocycles. The highest BCUT2D eigenvalue weighted by Gasteiger charge is 2.35. The average Bonchev–Trinajstić information content (AvgIpc) is 2.66. The van der Waals surface area contributed by atoms with Crippen LogP contribution in [0.4, 0.5) is 10.5 Å². The standard InChI is InChI=1S/C18H14N4O5/c23-18-19-15(10-9-12-5-4-8-14(11-12)21(24)25)17(22(26)27)16(20-18)13-6-2-1-3-7-13/h1-11,16H,(H2,19,20,23)/b10-9-/t16-/m1/s1. The van der Waals surface area contributed by atoms with E-state index in [4.69, 9.17) is 0 Å². The van der Waals surface area contributed by atoms with Gasteiger partial charge in [0.05, 0.1) is 9.85 Å². The van der Waals surface area contributed by atoms with Crippen LogP contribution in [0.5, 0.6) is 0 Å². The molecule has 2 amide bonds. The molecule has 9 heteroatoms. The third-order valence-electron chi connectivity index (χ3n) is 3.93. The number of carbonyl (C=O) groups is 1. The summed E-state index contributed by atoms with van der Waals surface area (Å²) in [5, 5.41) is 27.5. The van der Waals surface area contributed by atoms with E-state index in [1.807, 2.05) is 0 Å². The van der Waals surface area contributed by atoms with Gasteiger partial charge in [-0.1, -0.05) is 48.5 Å². The second-order valence-corrected chi connectivity index (χ2v) is 5.68. The molecule has 0 spiro atoms. The minimum Gasteiger partial charge on any atom is -0.321 e. The lowest BCUT2D eigenvalue weighted by Gasteiger charge is -2.23. The molecule has 0 saturated carbocycles. The van der Waals surface area contributed by atoms with Crippen molar-refractivity contribution in [2.75, 3.05) is 0 Å². The molecule has 0 unspecified atom stereocenters. The topological polar surface area (TPSA) is 127 Å². The zero-order valence-corrected chi connectivity index (χ0v) is 13.9. The van der Waals surface area contributed by atoms with Crippen LogP contribution in [0.15, 0.2) is 72.1 Å². The number of nitrogens with zero attached hydrogens (tertiary/aromatic N) is 2. The number of nitro groups is 2. The fraction of sp³-hybridized carbons (Fsp3) is 0.0556. The molecule has 27 heavy (non-hydrogen) atoms. The number of nitrogens with one attached hydrogen (secondary N) is 2. The Bertz CT molecular complexity index is 969. The minimum absolute atomic E-state index is 0.0177. The largest absolute Gasteiger partial charge is 0.321 e. The third kappa shape index (κ3) is 3.98. The first kappa shape index (κ1) is 17.8. The van der Waals surface area contributed by atoms with Gasteiger partial charge in [0, 0.05) is 12.1 Å². The number of non-ortho nitro benzene ring substituents is 1. The van der Waals surface area contributed by atoms with Crippen molar-refractivity contribution in [2.24, 2.45) is 0 Å². The van der Waals surface area contributed by atoms with Crippen molar-refractivity contribution in [2.45, 2.75) is 6.04 Å². The highest BCUT2D eigenvalue weighted by Crippen LogP contribution is 2.27. The quantitative estimate of drug-likeness (QED) is 0.620. The molecule has 2 N–H and O–H groups in total. The summed E-state index contributed by atoms with van der Waals surface area (Å²) in [7, 11) is 0. The summed E-state index contributed by atoms with van der Waals surface area (Å²) >= 11 is 0. The summed E-state index contributed by atoms with van der Waals surface area (Å²) in [6.07, 6.45) is 2.84. The summed E-state index contributed by atoms with van der Waals surface area (Å²) in [6.45, 7) is 0. The second kappa shape index (κ2) is 7.48. The van der Waals surface area contributed by atoms with Gasteiger partial charge in [0.2, 0.25) is 0 Å². The molecule has 0 bridgehead atoms. The van der Waals surface area contributed by atoms with Gasteiger partial charge >= 0.3 is 6.03 Å². The van der Waals surface area contributed by atoms with Gasteiger partial charge in [0.15, 0.2) is 0 Å². The molecule has 136 valence electrons. The zero-order valence-electron chi connectivity index (χ0n) is 13.9. The number of hydrogen-bond donors (Lipinski definition) is 2. The number of amides is 2. The number of nitro benzene ring substituents is 1.